The highest BCUT2D eigenvalue weighted by atomic mass is 16.2. The molecule has 0 spiro atoms. The molecule has 1 fully saturated rings. The largest absolute Gasteiger partial charge is 0.353 e. The van der Waals surface area contributed by atoms with Crippen molar-refractivity contribution in [1.29, 1.82) is 0 Å². The van der Waals surface area contributed by atoms with Crippen LogP contribution in [0.4, 0.5) is 5.69 Å². The first-order valence-electron chi connectivity index (χ1n) is 7.60. The summed E-state index contributed by atoms with van der Waals surface area (Å²) in [5, 5.41) is 5.89. The number of aryl methyl sites for hydroxylation is 2. The standard InChI is InChI=1S/C17H24N2O2/c1-5-12(4)18-16(20)13-9-14(13)17(21)19-15-8-10(2)6-7-11(15)3/h6-8,12-14H,5,9H2,1-4H3,(H,18,20)(H,19,21). The Morgan fingerprint density at radius 2 is 1.90 bits per heavy atom. The molecule has 4 heteroatoms. The number of hydrogen-bond donors (Lipinski definition) is 2. The monoisotopic (exact) mass is 288 g/mol. The van der Waals surface area contributed by atoms with Gasteiger partial charge in [-0.05, 0) is 50.8 Å². The van der Waals surface area contributed by atoms with Crippen LogP contribution in [0, 0.1) is 25.7 Å². The molecule has 114 valence electrons. The molecule has 1 aromatic rings. The third-order valence-electron chi connectivity index (χ3n) is 4.12. The molecule has 0 aromatic heterocycles. The van der Waals surface area contributed by atoms with Crippen LogP contribution < -0.4 is 10.6 Å². The van der Waals surface area contributed by atoms with E-state index in [0.717, 1.165) is 23.2 Å². The predicted molar refractivity (Wildman–Crippen MR) is 84.0 cm³/mol. The van der Waals surface area contributed by atoms with Crippen LogP contribution in [0.15, 0.2) is 18.2 Å². The third kappa shape index (κ3) is 3.84. The van der Waals surface area contributed by atoms with E-state index in [1.54, 1.807) is 0 Å². The van der Waals surface area contributed by atoms with Crippen molar-refractivity contribution < 1.29 is 9.59 Å². The van der Waals surface area contributed by atoms with Crippen LogP contribution in [-0.4, -0.2) is 17.9 Å². The maximum atomic E-state index is 12.2. The van der Waals surface area contributed by atoms with Gasteiger partial charge in [0.25, 0.3) is 0 Å². The Hall–Kier alpha value is -1.84. The molecular formula is C17H24N2O2. The lowest BCUT2D eigenvalue weighted by molar-refractivity contribution is -0.125. The van der Waals surface area contributed by atoms with E-state index in [2.05, 4.69) is 10.6 Å². The average molecular weight is 288 g/mol. The van der Waals surface area contributed by atoms with Crippen LogP contribution >= 0.6 is 0 Å². The van der Waals surface area contributed by atoms with Gasteiger partial charge in [-0.2, -0.15) is 0 Å². The lowest BCUT2D eigenvalue weighted by Gasteiger charge is -2.11. The van der Waals surface area contributed by atoms with Gasteiger partial charge in [-0.3, -0.25) is 9.59 Å². The summed E-state index contributed by atoms with van der Waals surface area (Å²) in [6.45, 7) is 7.97. The van der Waals surface area contributed by atoms with E-state index in [4.69, 9.17) is 0 Å². The van der Waals surface area contributed by atoms with Crippen molar-refractivity contribution in [3.63, 3.8) is 0 Å². The molecule has 3 unspecified atom stereocenters. The summed E-state index contributed by atoms with van der Waals surface area (Å²) < 4.78 is 0. The second-order valence-corrected chi connectivity index (χ2v) is 6.07. The summed E-state index contributed by atoms with van der Waals surface area (Å²) in [6, 6.07) is 6.14. The van der Waals surface area contributed by atoms with E-state index in [0.29, 0.717) is 6.42 Å². The minimum atomic E-state index is -0.186. The Kier molecular flexibility index (Phi) is 4.66. The molecule has 3 atom stereocenters. The molecule has 1 aliphatic carbocycles. The maximum absolute atomic E-state index is 12.2. The zero-order valence-electron chi connectivity index (χ0n) is 13.2. The number of amides is 2. The van der Waals surface area contributed by atoms with Crippen molar-refractivity contribution in [1.82, 2.24) is 5.32 Å². The first-order valence-corrected chi connectivity index (χ1v) is 7.60. The fourth-order valence-electron chi connectivity index (χ4n) is 2.32. The van der Waals surface area contributed by atoms with Crippen molar-refractivity contribution in [2.75, 3.05) is 5.32 Å². The number of benzene rings is 1. The Morgan fingerprint density at radius 3 is 2.57 bits per heavy atom. The summed E-state index contributed by atoms with van der Waals surface area (Å²) in [4.78, 5) is 24.2. The molecular weight excluding hydrogens is 264 g/mol. The zero-order chi connectivity index (χ0) is 15.6. The normalized spacial score (nSPS) is 21.5. The summed E-state index contributed by atoms with van der Waals surface area (Å²) >= 11 is 0. The molecule has 0 saturated heterocycles. The highest BCUT2D eigenvalue weighted by Crippen LogP contribution is 2.39. The minimum absolute atomic E-state index is 0.00506. The smallest absolute Gasteiger partial charge is 0.228 e. The molecule has 21 heavy (non-hydrogen) atoms. The summed E-state index contributed by atoms with van der Waals surface area (Å²) in [5.41, 5.74) is 2.99. The van der Waals surface area contributed by atoms with Crippen molar-refractivity contribution in [2.24, 2.45) is 11.8 Å². The van der Waals surface area contributed by atoms with Gasteiger partial charge in [-0.1, -0.05) is 19.1 Å². The van der Waals surface area contributed by atoms with Gasteiger partial charge in [0.15, 0.2) is 0 Å². The van der Waals surface area contributed by atoms with E-state index in [1.807, 2.05) is 45.9 Å². The van der Waals surface area contributed by atoms with Crippen molar-refractivity contribution >= 4 is 17.5 Å². The quantitative estimate of drug-likeness (QED) is 0.875. The van der Waals surface area contributed by atoms with Gasteiger partial charge < -0.3 is 10.6 Å². The van der Waals surface area contributed by atoms with Crippen LogP contribution in [0.25, 0.3) is 0 Å². The molecule has 0 bridgehead atoms. The van der Waals surface area contributed by atoms with Gasteiger partial charge in [-0.25, -0.2) is 0 Å². The van der Waals surface area contributed by atoms with Gasteiger partial charge in [0.2, 0.25) is 11.8 Å². The summed E-state index contributed by atoms with van der Waals surface area (Å²) in [7, 11) is 0. The van der Waals surface area contributed by atoms with Gasteiger partial charge in [0.1, 0.15) is 0 Å². The number of hydrogen-bond acceptors (Lipinski definition) is 2. The molecule has 0 radical (unpaired) electrons. The molecule has 1 saturated carbocycles. The second kappa shape index (κ2) is 6.29. The van der Waals surface area contributed by atoms with Crippen LogP contribution in [0.3, 0.4) is 0 Å². The summed E-state index contributed by atoms with van der Waals surface area (Å²) in [6.07, 6.45) is 1.55. The van der Waals surface area contributed by atoms with E-state index < -0.39 is 0 Å². The molecule has 1 aliphatic rings. The molecule has 1 aromatic carbocycles. The lowest BCUT2D eigenvalue weighted by atomic mass is 10.1. The van der Waals surface area contributed by atoms with E-state index >= 15 is 0 Å². The topological polar surface area (TPSA) is 58.2 Å². The lowest BCUT2D eigenvalue weighted by Crippen LogP contribution is -2.34. The van der Waals surface area contributed by atoms with Crippen LogP contribution in [0.2, 0.25) is 0 Å². The van der Waals surface area contributed by atoms with Gasteiger partial charge in [0, 0.05) is 11.7 Å². The number of nitrogens with one attached hydrogen (secondary N) is 2. The van der Waals surface area contributed by atoms with Crippen LogP contribution in [0.1, 0.15) is 37.8 Å². The maximum Gasteiger partial charge on any atom is 0.228 e. The molecule has 2 rings (SSSR count). The van der Waals surface area contributed by atoms with Crippen molar-refractivity contribution in [3.05, 3.63) is 29.3 Å². The third-order valence-corrected chi connectivity index (χ3v) is 4.12. The molecule has 0 aliphatic heterocycles. The highest BCUT2D eigenvalue weighted by molar-refractivity contribution is 6.00. The number of carbonyl (C=O) groups is 2. The SMILES string of the molecule is CCC(C)NC(=O)C1CC1C(=O)Nc1cc(C)ccc1C. The predicted octanol–water partition coefficient (Wildman–Crippen LogP) is 2.79. The Bertz CT molecular complexity index is 554. The van der Waals surface area contributed by atoms with Gasteiger partial charge in [0.05, 0.1) is 11.8 Å². The van der Waals surface area contributed by atoms with E-state index in [-0.39, 0.29) is 29.7 Å². The van der Waals surface area contributed by atoms with Crippen molar-refractivity contribution in [3.8, 4) is 0 Å². The first kappa shape index (κ1) is 15.5. The molecule has 0 heterocycles. The Balaban J connectivity index is 1.91. The van der Waals surface area contributed by atoms with Crippen molar-refractivity contribution in [2.45, 2.75) is 46.6 Å². The summed E-state index contributed by atoms with van der Waals surface area (Å²) in [5.74, 6) is -0.392. The molecule has 2 amide bonds. The van der Waals surface area contributed by atoms with E-state index in [1.165, 1.54) is 0 Å². The zero-order valence-corrected chi connectivity index (χ0v) is 13.2. The number of rotatable bonds is 5. The Morgan fingerprint density at radius 1 is 1.24 bits per heavy atom. The van der Waals surface area contributed by atoms with Gasteiger partial charge in [-0.15, -0.1) is 0 Å². The fraction of sp³-hybridized carbons (Fsp3) is 0.529. The first-order chi connectivity index (χ1) is 9.92. The average Bonchev–Trinajstić information content (AvgIpc) is 3.23. The van der Waals surface area contributed by atoms with Crippen LogP contribution in [-0.2, 0) is 9.59 Å². The number of carbonyl (C=O) groups excluding carboxylic acids is 2. The van der Waals surface area contributed by atoms with Crippen LogP contribution in [0.5, 0.6) is 0 Å². The highest BCUT2D eigenvalue weighted by Gasteiger charge is 2.48. The molecule has 2 N–H and O–H groups in total. The fourth-order valence-corrected chi connectivity index (χ4v) is 2.32. The minimum Gasteiger partial charge on any atom is -0.353 e. The van der Waals surface area contributed by atoms with E-state index in [9.17, 15) is 9.59 Å². The molecule has 4 nitrogen and oxygen atoms in total. The Labute approximate surface area is 126 Å². The second-order valence-electron chi connectivity index (χ2n) is 6.07. The van der Waals surface area contributed by atoms with Gasteiger partial charge >= 0.3 is 0 Å². The number of anilines is 1.